The van der Waals surface area contributed by atoms with Crippen LogP contribution in [0.2, 0.25) is 0 Å². The summed E-state index contributed by atoms with van der Waals surface area (Å²) in [7, 11) is 0. The van der Waals surface area contributed by atoms with E-state index in [-0.39, 0.29) is 5.69 Å². The number of hydrogen-bond acceptors (Lipinski definition) is 3. The molecule has 1 saturated carbocycles. The van der Waals surface area contributed by atoms with E-state index in [1.165, 1.54) is 12.8 Å². The third kappa shape index (κ3) is 2.80. The van der Waals surface area contributed by atoms with Crippen LogP contribution in [0, 0.1) is 5.92 Å². The van der Waals surface area contributed by atoms with Gasteiger partial charge in [-0.05, 0) is 49.3 Å². The van der Waals surface area contributed by atoms with Crippen molar-refractivity contribution < 1.29 is 4.74 Å². The number of aromatic nitrogens is 3. The quantitative estimate of drug-likeness (QED) is 0.850. The van der Waals surface area contributed by atoms with Gasteiger partial charge in [0.25, 0.3) is 0 Å². The third-order valence-electron chi connectivity index (χ3n) is 4.44. The van der Waals surface area contributed by atoms with Crippen LogP contribution in [0.1, 0.15) is 37.1 Å². The van der Waals surface area contributed by atoms with Gasteiger partial charge in [0.05, 0.1) is 13.2 Å². The van der Waals surface area contributed by atoms with Crippen molar-refractivity contribution in [3.05, 3.63) is 46.1 Å². The second-order valence-electron chi connectivity index (χ2n) is 6.37. The third-order valence-corrected chi connectivity index (χ3v) is 4.44. The van der Waals surface area contributed by atoms with Gasteiger partial charge in [-0.2, -0.15) is 5.10 Å². The molecule has 2 heterocycles. The summed E-state index contributed by atoms with van der Waals surface area (Å²) in [6.45, 7) is 2.13. The van der Waals surface area contributed by atoms with Gasteiger partial charge in [-0.3, -0.25) is 4.57 Å². The van der Waals surface area contributed by atoms with Crippen LogP contribution in [0.15, 0.2) is 29.1 Å². The average molecular weight is 299 g/mol. The van der Waals surface area contributed by atoms with Crippen molar-refractivity contribution in [2.75, 3.05) is 6.61 Å². The summed E-state index contributed by atoms with van der Waals surface area (Å²) in [5.41, 5.74) is 1.07. The molecule has 0 radical (unpaired) electrons. The Morgan fingerprint density at radius 1 is 1.27 bits per heavy atom. The fourth-order valence-corrected chi connectivity index (χ4v) is 2.96. The van der Waals surface area contributed by atoms with Crippen molar-refractivity contribution in [3.63, 3.8) is 0 Å². The van der Waals surface area contributed by atoms with Crippen molar-refractivity contribution in [2.45, 2.75) is 45.2 Å². The zero-order valence-electron chi connectivity index (χ0n) is 12.7. The molecule has 0 amide bonds. The van der Waals surface area contributed by atoms with E-state index in [0.29, 0.717) is 6.54 Å². The molecule has 1 aromatic heterocycles. The minimum atomic E-state index is 0.0130. The van der Waals surface area contributed by atoms with Crippen molar-refractivity contribution in [1.82, 2.24) is 14.3 Å². The molecule has 0 spiro atoms. The number of fused-ring (bicyclic) bond motifs is 1. The minimum Gasteiger partial charge on any atom is -0.493 e. The van der Waals surface area contributed by atoms with E-state index in [2.05, 4.69) is 5.10 Å². The Kier molecular flexibility index (Phi) is 3.48. The van der Waals surface area contributed by atoms with E-state index < -0.39 is 0 Å². The highest BCUT2D eigenvalue weighted by molar-refractivity contribution is 5.28. The molecule has 2 aromatic rings. The SMILES string of the molecule is O=c1n(Cc2cccc(OCC3CC3)c2)nc2n1CCCC2. The highest BCUT2D eigenvalue weighted by atomic mass is 16.5. The fourth-order valence-electron chi connectivity index (χ4n) is 2.96. The molecule has 22 heavy (non-hydrogen) atoms. The molecule has 0 N–H and O–H groups in total. The van der Waals surface area contributed by atoms with E-state index in [1.807, 2.05) is 28.8 Å². The summed E-state index contributed by atoms with van der Waals surface area (Å²) in [6, 6.07) is 8.01. The lowest BCUT2D eigenvalue weighted by molar-refractivity contribution is 0.299. The Morgan fingerprint density at radius 3 is 3.00 bits per heavy atom. The Morgan fingerprint density at radius 2 is 2.18 bits per heavy atom. The molecule has 5 nitrogen and oxygen atoms in total. The van der Waals surface area contributed by atoms with Gasteiger partial charge in [-0.25, -0.2) is 9.48 Å². The number of ether oxygens (including phenoxy) is 1. The molecular formula is C17H21N3O2. The van der Waals surface area contributed by atoms with Crippen LogP contribution in [0.5, 0.6) is 5.75 Å². The lowest BCUT2D eigenvalue weighted by Gasteiger charge is -2.09. The van der Waals surface area contributed by atoms with Crippen molar-refractivity contribution in [3.8, 4) is 5.75 Å². The second kappa shape index (κ2) is 5.63. The van der Waals surface area contributed by atoms with E-state index in [1.54, 1.807) is 4.68 Å². The number of nitrogens with zero attached hydrogens (tertiary/aromatic N) is 3. The molecule has 1 aromatic carbocycles. The van der Waals surface area contributed by atoms with Gasteiger partial charge in [-0.1, -0.05) is 12.1 Å². The van der Waals surface area contributed by atoms with Gasteiger partial charge in [0.2, 0.25) is 0 Å². The van der Waals surface area contributed by atoms with Crippen LogP contribution in [-0.2, 0) is 19.5 Å². The predicted octanol–water partition coefficient (Wildman–Crippen LogP) is 2.22. The van der Waals surface area contributed by atoms with E-state index in [4.69, 9.17) is 4.74 Å². The smallest absolute Gasteiger partial charge is 0.346 e. The first-order valence-corrected chi connectivity index (χ1v) is 8.18. The maximum Gasteiger partial charge on any atom is 0.346 e. The van der Waals surface area contributed by atoms with Crippen LogP contribution in [-0.4, -0.2) is 21.0 Å². The summed E-state index contributed by atoms with van der Waals surface area (Å²) in [5, 5.41) is 4.49. The van der Waals surface area contributed by atoms with E-state index in [0.717, 1.165) is 55.5 Å². The Balaban J connectivity index is 1.51. The van der Waals surface area contributed by atoms with Gasteiger partial charge in [0, 0.05) is 13.0 Å². The number of rotatable bonds is 5. The zero-order chi connectivity index (χ0) is 14.9. The van der Waals surface area contributed by atoms with Crippen LogP contribution >= 0.6 is 0 Å². The standard InChI is InChI=1S/C17H21N3O2/c21-17-19-9-2-1-6-16(19)18-20(17)11-14-4-3-5-15(10-14)22-12-13-7-8-13/h3-5,10,13H,1-2,6-9,11-12H2. The lowest BCUT2D eigenvalue weighted by Crippen LogP contribution is -2.27. The summed E-state index contributed by atoms with van der Waals surface area (Å²) in [6.07, 6.45) is 5.68. The van der Waals surface area contributed by atoms with Crippen LogP contribution in [0.3, 0.4) is 0 Å². The predicted molar refractivity (Wildman–Crippen MR) is 83.2 cm³/mol. The average Bonchev–Trinajstić information content (AvgIpc) is 3.32. The first kappa shape index (κ1) is 13.6. The Bertz CT molecular complexity index is 728. The molecule has 4 rings (SSSR count). The molecule has 0 saturated heterocycles. The van der Waals surface area contributed by atoms with Gasteiger partial charge >= 0.3 is 5.69 Å². The van der Waals surface area contributed by atoms with Gasteiger partial charge < -0.3 is 4.74 Å². The molecule has 5 heteroatoms. The highest BCUT2D eigenvalue weighted by Crippen LogP contribution is 2.29. The molecule has 116 valence electrons. The first-order valence-electron chi connectivity index (χ1n) is 8.18. The summed E-state index contributed by atoms with van der Waals surface area (Å²) in [5.74, 6) is 2.56. The van der Waals surface area contributed by atoms with Crippen LogP contribution in [0.4, 0.5) is 0 Å². The molecule has 1 aliphatic carbocycles. The molecule has 0 unspecified atom stereocenters. The number of benzene rings is 1. The van der Waals surface area contributed by atoms with Crippen molar-refractivity contribution in [2.24, 2.45) is 5.92 Å². The monoisotopic (exact) mass is 299 g/mol. The van der Waals surface area contributed by atoms with E-state index >= 15 is 0 Å². The topological polar surface area (TPSA) is 49.1 Å². The summed E-state index contributed by atoms with van der Waals surface area (Å²) >= 11 is 0. The highest BCUT2D eigenvalue weighted by Gasteiger charge is 2.22. The first-order chi connectivity index (χ1) is 10.8. The summed E-state index contributed by atoms with van der Waals surface area (Å²) in [4.78, 5) is 12.4. The summed E-state index contributed by atoms with van der Waals surface area (Å²) < 4.78 is 9.21. The molecule has 0 atom stereocenters. The molecular weight excluding hydrogens is 278 g/mol. The molecule has 0 bridgehead atoms. The zero-order valence-corrected chi connectivity index (χ0v) is 12.7. The number of aryl methyl sites for hydroxylation is 1. The van der Waals surface area contributed by atoms with Gasteiger partial charge in [0.1, 0.15) is 11.6 Å². The van der Waals surface area contributed by atoms with Crippen LogP contribution in [0.25, 0.3) is 0 Å². The van der Waals surface area contributed by atoms with E-state index in [9.17, 15) is 4.79 Å². The van der Waals surface area contributed by atoms with Gasteiger partial charge in [-0.15, -0.1) is 0 Å². The fraction of sp³-hybridized carbons (Fsp3) is 0.529. The van der Waals surface area contributed by atoms with Crippen molar-refractivity contribution in [1.29, 1.82) is 0 Å². The van der Waals surface area contributed by atoms with Gasteiger partial charge in [0.15, 0.2) is 0 Å². The maximum absolute atomic E-state index is 12.4. The largest absolute Gasteiger partial charge is 0.493 e. The Hall–Kier alpha value is -2.04. The van der Waals surface area contributed by atoms with Crippen molar-refractivity contribution >= 4 is 0 Å². The molecule has 1 aliphatic heterocycles. The number of hydrogen-bond donors (Lipinski definition) is 0. The van der Waals surface area contributed by atoms with Crippen LogP contribution < -0.4 is 10.4 Å². The Labute approximate surface area is 129 Å². The maximum atomic E-state index is 12.4. The normalized spacial score (nSPS) is 17.3. The molecule has 2 aliphatic rings. The molecule has 1 fully saturated rings. The minimum absolute atomic E-state index is 0.0130. The second-order valence-corrected chi connectivity index (χ2v) is 6.37. The lowest BCUT2D eigenvalue weighted by atomic mass is 10.2.